The minimum absolute atomic E-state index is 0.526. The van der Waals surface area contributed by atoms with E-state index in [-0.39, 0.29) is 0 Å². The zero-order chi connectivity index (χ0) is 14.5. The van der Waals surface area contributed by atoms with Crippen LogP contribution in [0, 0.1) is 6.92 Å². The van der Waals surface area contributed by atoms with Crippen LogP contribution in [-0.4, -0.2) is 19.3 Å². The fourth-order valence-electron chi connectivity index (χ4n) is 2.37. The lowest BCUT2D eigenvalue weighted by molar-refractivity contribution is 0.169. The minimum atomic E-state index is -0.664. The number of ether oxygens (including phenoxy) is 2. The monoisotopic (exact) mass is 272 g/mol. The molecule has 1 unspecified atom stereocenters. The fourth-order valence-corrected chi connectivity index (χ4v) is 2.37. The first kappa shape index (κ1) is 14.4. The predicted octanol–water partition coefficient (Wildman–Crippen LogP) is 3.29. The van der Waals surface area contributed by atoms with Gasteiger partial charge in [0.25, 0.3) is 0 Å². The number of hydrogen-bond donors (Lipinski definition) is 1. The first-order chi connectivity index (χ1) is 9.65. The highest BCUT2D eigenvalue weighted by atomic mass is 16.5. The molecule has 0 aromatic heterocycles. The van der Waals surface area contributed by atoms with E-state index in [0.29, 0.717) is 23.5 Å². The lowest BCUT2D eigenvalue weighted by Crippen LogP contribution is -2.06. The first-order valence-corrected chi connectivity index (χ1v) is 6.60. The Bertz CT molecular complexity index is 556. The normalized spacial score (nSPS) is 12.0. The van der Waals surface area contributed by atoms with Gasteiger partial charge in [-0.3, -0.25) is 0 Å². The molecule has 2 aromatic rings. The summed E-state index contributed by atoms with van der Waals surface area (Å²) in [5.41, 5.74) is 2.96. The summed E-state index contributed by atoms with van der Waals surface area (Å²) in [5, 5.41) is 10.5. The second-order valence-electron chi connectivity index (χ2n) is 4.79. The van der Waals surface area contributed by atoms with Gasteiger partial charge in [0, 0.05) is 6.42 Å². The highest BCUT2D eigenvalue weighted by Crippen LogP contribution is 2.35. The molecule has 0 aliphatic rings. The zero-order valence-electron chi connectivity index (χ0n) is 12.1. The Hall–Kier alpha value is -2.00. The van der Waals surface area contributed by atoms with E-state index in [9.17, 15) is 5.11 Å². The van der Waals surface area contributed by atoms with Crippen molar-refractivity contribution in [1.82, 2.24) is 0 Å². The van der Waals surface area contributed by atoms with Gasteiger partial charge in [-0.05, 0) is 24.6 Å². The summed E-state index contributed by atoms with van der Waals surface area (Å²) in [4.78, 5) is 0. The van der Waals surface area contributed by atoms with Gasteiger partial charge in [0.05, 0.1) is 25.9 Å². The Balaban J connectivity index is 2.31. The van der Waals surface area contributed by atoms with E-state index in [1.54, 1.807) is 14.2 Å². The standard InChI is InChI=1S/C17H20O3/c1-12-6-4-7-13(10-12)11-14(18)17-15(19-2)8-5-9-16(17)20-3/h4-10,14,18H,11H2,1-3H3. The van der Waals surface area contributed by atoms with E-state index in [0.717, 1.165) is 5.56 Å². The molecule has 2 rings (SSSR count). The second kappa shape index (κ2) is 6.44. The van der Waals surface area contributed by atoms with Crippen molar-refractivity contribution in [1.29, 1.82) is 0 Å². The molecule has 0 saturated heterocycles. The Kier molecular flexibility index (Phi) is 4.64. The van der Waals surface area contributed by atoms with Crippen LogP contribution in [0.5, 0.6) is 11.5 Å². The maximum atomic E-state index is 10.5. The predicted molar refractivity (Wildman–Crippen MR) is 79.4 cm³/mol. The number of methoxy groups -OCH3 is 2. The molecule has 20 heavy (non-hydrogen) atoms. The first-order valence-electron chi connectivity index (χ1n) is 6.60. The smallest absolute Gasteiger partial charge is 0.128 e. The van der Waals surface area contributed by atoms with Crippen molar-refractivity contribution in [2.24, 2.45) is 0 Å². The van der Waals surface area contributed by atoms with Crippen molar-refractivity contribution in [2.45, 2.75) is 19.4 Å². The molecule has 0 spiro atoms. The summed E-state index contributed by atoms with van der Waals surface area (Å²) in [6.45, 7) is 2.04. The van der Waals surface area contributed by atoms with Crippen LogP contribution >= 0.6 is 0 Å². The average molecular weight is 272 g/mol. The molecule has 1 N–H and O–H groups in total. The highest BCUT2D eigenvalue weighted by molar-refractivity contribution is 5.46. The van der Waals surface area contributed by atoms with Gasteiger partial charge in [0.15, 0.2) is 0 Å². The maximum Gasteiger partial charge on any atom is 0.128 e. The number of aryl methyl sites for hydroxylation is 1. The summed E-state index contributed by atoms with van der Waals surface area (Å²) >= 11 is 0. The molecular weight excluding hydrogens is 252 g/mol. The quantitative estimate of drug-likeness (QED) is 0.907. The molecule has 0 aliphatic heterocycles. The molecule has 3 nitrogen and oxygen atoms in total. The molecule has 3 heteroatoms. The third-order valence-electron chi connectivity index (χ3n) is 3.31. The maximum absolute atomic E-state index is 10.5. The van der Waals surface area contributed by atoms with Crippen LogP contribution in [0.1, 0.15) is 22.8 Å². The summed E-state index contributed by atoms with van der Waals surface area (Å²) in [6.07, 6.45) is -0.138. The third-order valence-corrected chi connectivity index (χ3v) is 3.31. The van der Waals surface area contributed by atoms with Gasteiger partial charge in [-0.25, -0.2) is 0 Å². The molecule has 0 saturated carbocycles. The van der Waals surface area contributed by atoms with Gasteiger partial charge in [-0.2, -0.15) is 0 Å². The Morgan fingerprint density at radius 3 is 2.15 bits per heavy atom. The second-order valence-corrected chi connectivity index (χ2v) is 4.79. The summed E-state index contributed by atoms with van der Waals surface area (Å²) in [7, 11) is 3.19. The Morgan fingerprint density at radius 2 is 1.60 bits per heavy atom. The van der Waals surface area contributed by atoms with Gasteiger partial charge >= 0.3 is 0 Å². The lowest BCUT2D eigenvalue weighted by Gasteiger charge is -2.18. The number of aliphatic hydroxyl groups is 1. The number of rotatable bonds is 5. The van der Waals surface area contributed by atoms with E-state index in [1.165, 1.54) is 5.56 Å². The van der Waals surface area contributed by atoms with Crippen molar-refractivity contribution in [3.63, 3.8) is 0 Å². The Labute approximate surface area is 119 Å². The largest absolute Gasteiger partial charge is 0.496 e. The van der Waals surface area contributed by atoms with Gasteiger partial charge < -0.3 is 14.6 Å². The van der Waals surface area contributed by atoms with E-state index in [4.69, 9.17) is 9.47 Å². The van der Waals surface area contributed by atoms with Crippen molar-refractivity contribution in [3.05, 3.63) is 59.2 Å². The topological polar surface area (TPSA) is 38.7 Å². The van der Waals surface area contributed by atoms with Crippen molar-refractivity contribution in [3.8, 4) is 11.5 Å². The molecule has 0 heterocycles. The van der Waals surface area contributed by atoms with Crippen LogP contribution in [0.15, 0.2) is 42.5 Å². The molecule has 0 fully saturated rings. The van der Waals surface area contributed by atoms with Crippen molar-refractivity contribution in [2.75, 3.05) is 14.2 Å². The van der Waals surface area contributed by atoms with Crippen molar-refractivity contribution >= 4 is 0 Å². The molecule has 0 amide bonds. The average Bonchev–Trinajstić information content (AvgIpc) is 2.46. The number of benzene rings is 2. The van der Waals surface area contributed by atoms with E-state index >= 15 is 0 Å². The summed E-state index contributed by atoms with van der Waals surface area (Å²) in [6, 6.07) is 13.6. The Morgan fingerprint density at radius 1 is 1.00 bits per heavy atom. The lowest BCUT2D eigenvalue weighted by atomic mass is 9.98. The SMILES string of the molecule is COc1cccc(OC)c1C(O)Cc1cccc(C)c1. The van der Waals surface area contributed by atoms with Crippen LogP contribution in [0.4, 0.5) is 0 Å². The van der Waals surface area contributed by atoms with Crippen LogP contribution in [0.2, 0.25) is 0 Å². The van der Waals surface area contributed by atoms with Gasteiger partial charge in [-0.15, -0.1) is 0 Å². The van der Waals surface area contributed by atoms with E-state index in [2.05, 4.69) is 6.07 Å². The fraction of sp³-hybridized carbons (Fsp3) is 0.294. The molecule has 0 aliphatic carbocycles. The van der Waals surface area contributed by atoms with Gasteiger partial charge in [0.1, 0.15) is 11.5 Å². The van der Waals surface area contributed by atoms with Crippen LogP contribution in [-0.2, 0) is 6.42 Å². The summed E-state index contributed by atoms with van der Waals surface area (Å²) < 4.78 is 10.7. The number of hydrogen-bond acceptors (Lipinski definition) is 3. The van der Waals surface area contributed by atoms with Crippen molar-refractivity contribution < 1.29 is 14.6 Å². The molecule has 106 valence electrons. The molecule has 1 atom stereocenters. The van der Waals surface area contributed by atoms with Crippen LogP contribution in [0.25, 0.3) is 0 Å². The van der Waals surface area contributed by atoms with E-state index in [1.807, 2.05) is 43.3 Å². The van der Waals surface area contributed by atoms with Gasteiger partial charge in [0.2, 0.25) is 0 Å². The zero-order valence-corrected chi connectivity index (χ0v) is 12.1. The molecular formula is C17H20O3. The minimum Gasteiger partial charge on any atom is -0.496 e. The van der Waals surface area contributed by atoms with Gasteiger partial charge in [-0.1, -0.05) is 35.9 Å². The molecule has 0 bridgehead atoms. The third kappa shape index (κ3) is 3.11. The highest BCUT2D eigenvalue weighted by Gasteiger charge is 2.19. The summed E-state index contributed by atoms with van der Waals surface area (Å²) in [5.74, 6) is 1.29. The number of aliphatic hydroxyl groups excluding tert-OH is 1. The van der Waals surface area contributed by atoms with E-state index < -0.39 is 6.10 Å². The molecule has 0 radical (unpaired) electrons. The molecule has 2 aromatic carbocycles. The van der Waals surface area contributed by atoms with Crippen LogP contribution in [0.3, 0.4) is 0 Å². The van der Waals surface area contributed by atoms with Crippen LogP contribution < -0.4 is 9.47 Å².